The molecule has 1 aliphatic rings. The molecule has 0 fully saturated rings. The summed E-state index contributed by atoms with van der Waals surface area (Å²) in [7, 11) is 0. The number of aromatic nitrogens is 4. The maximum absolute atomic E-state index is 13.6. The first-order chi connectivity index (χ1) is 13.1. The van der Waals surface area contributed by atoms with Crippen molar-refractivity contribution in [3.63, 3.8) is 0 Å². The Balaban J connectivity index is 1.86. The molecule has 0 N–H and O–H groups in total. The van der Waals surface area contributed by atoms with Crippen molar-refractivity contribution in [2.75, 3.05) is 0 Å². The van der Waals surface area contributed by atoms with E-state index in [1.807, 2.05) is 40.8 Å². The van der Waals surface area contributed by atoms with E-state index in [1.54, 1.807) is 10.9 Å². The van der Waals surface area contributed by atoms with Crippen molar-refractivity contribution >= 4 is 5.78 Å². The van der Waals surface area contributed by atoms with Crippen LogP contribution in [0, 0.1) is 0 Å². The van der Waals surface area contributed by atoms with Gasteiger partial charge in [0.2, 0.25) is 5.78 Å². The van der Waals surface area contributed by atoms with Gasteiger partial charge in [-0.15, -0.1) is 10.2 Å². The summed E-state index contributed by atoms with van der Waals surface area (Å²) in [6.45, 7) is 4.77. The Morgan fingerprint density at radius 2 is 1.78 bits per heavy atom. The van der Waals surface area contributed by atoms with Gasteiger partial charge in [0.05, 0.1) is 12.2 Å². The zero-order valence-corrected chi connectivity index (χ0v) is 15.4. The SMILES string of the molecule is CC1(C)Cc2ccccc2-c2c1c(=O)n(Cc1ccccc1)c1nncn21. The van der Waals surface area contributed by atoms with Crippen LogP contribution < -0.4 is 5.56 Å². The quantitative estimate of drug-likeness (QED) is 0.553. The van der Waals surface area contributed by atoms with Crippen molar-refractivity contribution in [2.45, 2.75) is 32.2 Å². The lowest BCUT2D eigenvalue weighted by Gasteiger charge is -2.34. The Bertz CT molecular complexity index is 1220. The molecule has 0 spiro atoms. The van der Waals surface area contributed by atoms with E-state index in [9.17, 15) is 4.79 Å². The van der Waals surface area contributed by atoms with Gasteiger partial charge in [-0.1, -0.05) is 68.4 Å². The molecule has 5 rings (SSSR count). The minimum atomic E-state index is -0.266. The predicted octanol–water partition coefficient (Wildman–Crippen LogP) is 3.44. The third-order valence-corrected chi connectivity index (χ3v) is 5.47. The molecule has 0 amide bonds. The van der Waals surface area contributed by atoms with Crippen LogP contribution in [-0.4, -0.2) is 19.2 Å². The third-order valence-electron chi connectivity index (χ3n) is 5.47. The van der Waals surface area contributed by atoms with Gasteiger partial charge < -0.3 is 0 Å². The topological polar surface area (TPSA) is 52.2 Å². The number of nitrogens with zero attached hydrogens (tertiary/aromatic N) is 4. The summed E-state index contributed by atoms with van der Waals surface area (Å²) in [5, 5.41) is 8.41. The van der Waals surface area contributed by atoms with Crippen LogP contribution in [0.5, 0.6) is 0 Å². The average molecular weight is 356 g/mol. The van der Waals surface area contributed by atoms with Gasteiger partial charge in [-0.05, 0) is 17.5 Å². The Hall–Kier alpha value is -3.21. The number of hydrogen-bond acceptors (Lipinski definition) is 3. The molecule has 0 bridgehead atoms. The highest BCUT2D eigenvalue weighted by Crippen LogP contribution is 2.41. The number of benzene rings is 2. The second-order valence-electron chi connectivity index (χ2n) is 7.82. The van der Waals surface area contributed by atoms with Crippen LogP contribution in [-0.2, 0) is 18.4 Å². The molecule has 2 heterocycles. The van der Waals surface area contributed by atoms with Crippen molar-refractivity contribution in [3.05, 3.63) is 88.0 Å². The van der Waals surface area contributed by atoms with Crippen LogP contribution in [0.2, 0.25) is 0 Å². The standard InChI is InChI=1S/C22H20N4O/c1-22(2)12-16-10-6-7-11-17(16)19-18(22)20(27)25(21-24-23-14-26(19)21)13-15-8-4-3-5-9-15/h3-11,14H,12-13H2,1-2H3. The second-order valence-corrected chi connectivity index (χ2v) is 7.82. The lowest BCUT2D eigenvalue weighted by Crippen LogP contribution is -2.38. The number of hydrogen-bond donors (Lipinski definition) is 0. The molecule has 0 saturated carbocycles. The molecular formula is C22H20N4O. The molecule has 0 atom stereocenters. The van der Waals surface area contributed by atoms with Gasteiger partial charge in [0.15, 0.2) is 0 Å². The molecule has 4 aromatic rings. The fourth-order valence-corrected chi connectivity index (χ4v) is 4.27. The Labute approximate surface area is 156 Å². The van der Waals surface area contributed by atoms with Gasteiger partial charge in [0.25, 0.3) is 5.56 Å². The van der Waals surface area contributed by atoms with Crippen molar-refractivity contribution in [2.24, 2.45) is 0 Å². The Morgan fingerprint density at radius 3 is 2.59 bits per heavy atom. The number of fused-ring (bicyclic) bond motifs is 5. The van der Waals surface area contributed by atoms with Gasteiger partial charge in [-0.25, -0.2) is 0 Å². The molecule has 2 aromatic carbocycles. The van der Waals surface area contributed by atoms with E-state index in [2.05, 4.69) is 42.2 Å². The number of rotatable bonds is 2. The molecule has 2 aromatic heterocycles. The van der Waals surface area contributed by atoms with E-state index in [4.69, 9.17) is 0 Å². The fraction of sp³-hybridized carbons (Fsp3) is 0.227. The van der Waals surface area contributed by atoms with Crippen molar-refractivity contribution in [1.82, 2.24) is 19.2 Å². The van der Waals surface area contributed by atoms with Crippen LogP contribution >= 0.6 is 0 Å². The van der Waals surface area contributed by atoms with E-state index in [1.165, 1.54) is 5.56 Å². The molecule has 134 valence electrons. The fourth-order valence-electron chi connectivity index (χ4n) is 4.27. The molecule has 0 unspecified atom stereocenters. The lowest BCUT2D eigenvalue weighted by molar-refractivity contribution is 0.499. The molecule has 27 heavy (non-hydrogen) atoms. The largest absolute Gasteiger partial charge is 0.272 e. The first kappa shape index (κ1) is 16.0. The summed E-state index contributed by atoms with van der Waals surface area (Å²) in [6, 6.07) is 18.3. The molecule has 5 nitrogen and oxygen atoms in total. The van der Waals surface area contributed by atoms with E-state index < -0.39 is 0 Å². The third kappa shape index (κ3) is 2.35. The first-order valence-electron chi connectivity index (χ1n) is 9.15. The zero-order chi connectivity index (χ0) is 18.6. The highest BCUT2D eigenvalue weighted by Gasteiger charge is 2.36. The van der Waals surface area contributed by atoms with E-state index in [-0.39, 0.29) is 11.0 Å². The lowest BCUT2D eigenvalue weighted by atomic mass is 9.72. The van der Waals surface area contributed by atoms with Crippen LogP contribution in [0.3, 0.4) is 0 Å². The van der Waals surface area contributed by atoms with Gasteiger partial charge in [-0.3, -0.25) is 13.8 Å². The summed E-state index contributed by atoms with van der Waals surface area (Å²) in [4.78, 5) is 13.6. The van der Waals surface area contributed by atoms with Gasteiger partial charge >= 0.3 is 0 Å². The van der Waals surface area contributed by atoms with Crippen molar-refractivity contribution < 1.29 is 0 Å². The predicted molar refractivity (Wildman–Crippen MR) is 105 cm³/mol. The Morgan fingerprint density at radius 1 is 1.04 bits per heavy atom. The molecule has 0 radical (unpaired) electrons. The first-order valence-corrected chi connectivity index (χ1v) is 9.15. The zero-order valence-electron chi connectivity index (χ0n) is 15.4. The van der Waals surface area contributed by atoms with Crippen LogP contribution in [0.1, 0.15) is 30.5 Å². The normalized spacial score (nSPS) is 14.7. The Kier molecular flexibility index (Phi) is 3.34. The van der Waals surface area contributed by atoms with Crippen molar-refractivity contribution in [3.8, 4) is 11.3 Å². The molecule has 0 saturated heterocycles. The molecule has 1 aliphatic carbocycles. The van der Waals surface area contributed by atoms with Gasteiger partial charge in [0.1, 0.15) is 6.33 Å². The summed E-state index contributed by atoms with van der Waals surface area (Å²) >= 11 is 0. The maximum Gasteiger partial charge on any atom is 0.259 e. The monoisotopic (exact) mass is 356 g/mol. The highest BCUT2D eigenvalue weighted by atomic mass is 16.1. The van der Waals surface area contributed by atoms with E-state index in [0.29, 0.717) is 12.3 Å². The van der Waals surface area contributed by atoms with Crippen molar-refractivity contribution in [1.29, 1.82) is 0 Å². The smallest absolute Gasteiger partial charge is 0.259 e. The molecule has 0 aliphatic heterocycles. The summed E-state index contributed by atoms with van der Waals surface area (Å²) < 4.78 is 3.72. The second kappa shape index (κ2) is 5.64. The highest BCUT2D eigenvalue weighted by molar-refractivity contribution is 5.73. The maximum atomic E-state index is 13.6. The van der Waals surface area contributed by atoms with Crippen LogP contribution in [0.4, 0.5) is 0 Å². The summed E-state index contributed by atoms with van der Waals surface area (Å²) in [6.07, 6.45) is 2.55. The minimum absolute atomic E-state index is 0.0221. The van der Waals surface area contributed by atoms with E-state index >= 15 is 0 Å². The van der Waals surface area contributed by atoms with E-state index in [0.717, 1.165) is 28.8 Å². The minimum Gasteiger partial charge on any atom is -0.272 e. The average Bonchev–Trinajstić information content (AvgIpc) is 3.14. The van der Waals surface area contributed by atoms with Crippen LogP contribution in [0.25, 0.3) is 17.0 Å². The molecule has 5 heteroatoms. The van der Waals surface area contributed by atoms with Gasteiger partial charge in [0, 0.05) is 16.5 Å². The summed E-state index contributed by atoms with van der Waals surface area (Å²) in [5.74, 6) is 0.579. The molecular weight excluding hydrogens is 336 g/mol. The van der Waals surface area contributed by atoms with Crippen LogP contribution in [0.15, 0.2) is 65.7 Å². The summed E-state index contributed by atoms with van der Waals surface area (Å²) in [5.41, 5.74) is 4.94. The van der Waals surface area contributed by atoms with Gasteiger partial charge in [-0.2, -0.15) is 0 Å².